The van der Waals surface area contributed by atoms with Crippen LogP contribution in [0.2, 0.25) is 0 Å². The van der Waals surface area contributed by atoms with Gasteiger partial charge in [-0.3, -0.25) is 0 Å². The van der Waals surface area contributed by atoms with E-state index >= 15 is 0 Å². The summed E-state index contributed by atoms with van der Waals surface area (Å²) >= 11 is 0. The first-order valence-corrected chi connectivity index (χ1v) is 7.99. The number of rotatable bonds is 10. The van der Waals surface area contributed by atoms with Gasteiger partial charge < -0.3 is 10.1 Å². The maximum atomic E-state index is 5.71. The Balaban J connectivity index is 2.47. The van der Waals surface area contributed by atoms with Gasteiger partial charge in [0.15, 0.2) is 0 Å². The summed E-state index contributed by atoms with van der Waals surface area (Å²) < 4.78 is 5.71. The second-order valence-corrected chi connectivity index (χ2v) is 5.88. The predicted octanol–water partition coefficient (Wildman–Crippen LogP) is 4.05. The standard InChI is InChI=1S/C18H31NO/c1-5-14-19-17(18(20-4)15(2)3)13-9-12-16-10-7-6-8-11-16/h6-8,10-11,15,17-19H,5,9,12-14H2,1-4H3. The average molecular weight is 277 g/mol. The quantitative estimate of drug-likeness (QED) is 0.696. The van der Waals surface area contributed by atoms with Crippen molar-refractivity contribution in [3.05, 3.63) is 35.9 Å². The van der Waals surface area contributed by atoms with Crippen molar-refractivity contribution < 1.29 is 4.74 Å². The SMILES string of the molecule is CCCNC(CCCc1ccccc1)C(OC)C(C)C. The summed E-state index contributed by atoms with van der Waals surface area (Å²) in [5, 5.41) is 3.66. The molecule has 20 heavy (non-hydrogen) atoms. The summed E-state index contributed by atoms with van der Waals surface area (Å²) in [5.74, 6) is 0.547. The number of aryl methyl sites for hydroxylation is 1. The average Bonchev–Trinajstić information content (AvgIpc) is 2.45. The fraction of sp³-hybridized carbons (Fsp3) is 0.667. The molecule has 2 atom stereocenters. The lowest BCUT2D eigenvalue weighted by atomic mass is 9.94. The Labute approximate surface area is 124 Å². The fourth-order valence-electron chi connectivity index (χ4n) is 2.78. The minimum absolute atomic E-state index is 0.303. The molecule has 1 aromatic rings. The van der Waals surface area contributed by atoms with Crippen LogP contribution >= 0.6 is 0 Å². The number of methoxy groups -OCH3 is 1. The Morgan fingerprint density at radius 2 is 1.85 bits per heavy atom. The first-order valence-electron chi connectivity index (χ1n) is 7.99. The molecule has 2 nitrogen and oxygen atoms in total. The monoisotopic (exact) mass is 277 g/mol. The number of nitrogens with one attached hydrogen (secondary N) is 1. The van der Waals surface area contributed by atoms with Crippen LogP contribution in [0.3, 0.4) is 0 Å². The van der Waals surface area contributed by atoms with E-state index in [2.05, 4.69) is 56.4 Å². The first kappa shape index (κ1) is 17.2. The fourth-order valence-corrected chi connectivity index (χ4v) is 2.78. The van der Waals surface area contributed by atoms with E-state index in [0.717, 1.165) is 13.0 Å². The molecule has 0 saturated heterocycles. The third kappa shape index (κ3) is 6.06. The molecule has 2 heteroatoms. The summed E-state index contributed by atoms with van der Waals surface area (Å²) in [7, 11) is 1.84. The summed E-state index contributed by atoms with van der Waals surface area (Å²) in [4.78, 5) is 0. The molecule has 0 fully saturated rings. The van der Waals surface area contributed by atoms with Gasteiger partial charge in [-0.25, -0.2) is 0 Å². The van der Waals surface area contributed by atoms with Gasteiger partial charge in [0.2, 0.25) is 0 Å². The Morgan fingerprint density at radius 1 is 1.15 bits per heavy atom. The van der Waals surface area contributed by atoms with Crippen molar-refractivity contribution in [2.75, 3.05) is 13.7 Å². The van der Waals surface area contributed by atoms with E-state index in [9.17, 15) is 0 Å². The van der Waals surface area contributed by atoms with Crippen LogP contribution in [0.4, 0.5) is 0 Å². The molecule has 0 aliphatic heterocycles. The van der Waals surface area contributed by atoms with Gasteiger partial charge >= 0.3 is 0 Å². The number of benzene rings is 1. The number of hydrogen-bond donors (Lipinski definition) is 1. The molecule has 0 saturated carbocycles. The minimum atomic E-state index is 0.303. The van der Waals surface area contributed by atoms with Crippen molar-refractivity contribution in [2.24, 2.45) is 5.92 Å². The second kappa shape index (κ2) is 9.95. The zero-order valence-corrected chi connectivity index (χ0v) is 13.6. The number of hydrogen-bond acceptors (Lipinski definition) is 2. The van der Waals surface area contributed by atoms with E-state index in [0.29, 0.717) is 18.1 Å². The van der Waals surface area contributed by atoms with Crippen molar-refractivity contribution in [3.8, 4) is 0 Å². The molecule has 0 heterocycles. The maximum absolute atomic E-state index is 5.71. The second-order valence-electron chi connectivity index (χ2n) is 5.88. The van der Waals surface area contributed by atoms with Crippen LogP contribution in [0.5, 0.6) is 0 Å². The van der Waals surface area contributed by atoms with Gasteiger partial charge in [0.1, 0.15) is 0 Å². The normalized spacial score (nSPS) is 14.4. The lowest BCUT2D eigenvalue weighted by Gasteiger charge is -2.30. The lowest BCUT2D eigenvalue weighted by molar-refractivity contribution is 0.0302. The maximum Gasteiger partial charge on any atom is 0.0747 e. The van der Waals surface area contributed by atoms with Crippen LogP contribution < -0.4 is 5.32 Å². The summed E-state index contributed by atoms with van der Waals surface area (Å²) in [6, 6.07) is 11.2. The van der Waals surface area contributed by atoms with Crippen molar-refractivity contribution in [3.63, 3.8) is 0 Å². The summed E-state index contributed by atoms with van der Waals surface area (Å²) in [6.07, 6.45) is 5.00. The Bertz CT molecular complexity index is 337. The van der Waals surface area contributed by atoms with Crippen LogP contribution in [-0.4, -0.2) is 25.8 Å². The topological polar surface area (TPSA) is 21.3 Å². The van der Waals surface area contributed by atoms with Crippen LogP contribution in [0.15, 0.2) is 30.3 Å². The van der Waals surface area contributed by atoms with Crippen LogP contribution in [0.1, 0.15) is 45.6 Å². The minimum Gasteiger partial charge on any atom is -0.380 e. The molecule has 0 aliphatic carbocycles. The van der Waals surface area contributed by atoms with E-state index in [-0.39, 0.29) is 0 Å². The highest BCUT2D eigenvalue weighted by molar-refractivity contribution is 5.14. The van der Waals surface area contributed by atoms with E-state index in [1.165, 1.54) is 24.8 Å². The van der Waals surface area contributed by atoms with Gasteiger partial charge in [-0.15, -0.1) is 0 Å². The van der Waals surface area contributed by atoms with Gasteiger partial charge in [-0.2, -0.15) is 0 Å². The molecule has 0 aromatic heterocycles. The molecule has 0 radical (unpaired) electrons. The van der Waals surface area contributed by atoms with Gasteiger partial charge in [-0.05, 0) is 43.7 Å². The van der Waals surface area contributed by atoms with Crippen LogP contribution in [0, 0.1) is 5.92 Å². The van der Waals surface area contributed by atoms with Gasteiger partial charge in [0, 0.05) is 13.2 Å². The lowest BCUT2D eigenvalue weighted by Crippen LogP contribution is -2.44. The highest BCUT2D eigenvalue weighted by atomic mass is 16.5. The molecule has 0 amide bonds. The van der Waals surface area contributed by atoms with E-state index in [1.54, 1.807) is 0 Å². The molecule has 1 aromatic carbocycles. The van der Waals surface area contributed by atoms with Crippen molar-refractivity contribution in [2.45, 2.75) is 58.6 Å². The van der Waals surface area contributed by atoms with Crippen molar-refractivity contribution >= 4 is 0 Å². The molecule has 0 bridgehead atoms. The smallest absolute Gasteiger partial charge is 0.0747 e. The largest absolute Gasteiger partial charge is 0.380 e. The zero-order valence-electron chi connectivity index (χ0n) is 13.6. The predicted molar refractivity (Wildman–Crippen MR) is 87.1 cm³/mol. The Morgan fingerprint density at radius 3 is 2.40 bits per heavy atom. The molecule has 0 spiro atoms. The van der Waals surface area contributed by atoms with Crippen molar-refractivity contribution in [1.82, 2.24) is 5.32 Å². The molecular formula is C18H31NO. The molecule has 1 N–H and O–H groups in total. The molecule has 114 valence electrons. The van der Waals surface area contributed by atoms with Crippen LogP contribution in [0.25, 0.3) is 0 Å². The Kier molecular flexibility index (Phi) is 8.56. The molecular weight excluding hydrogens is 246 g/mol. The summed E-state index contributed by atoms with van der Waals surface area (Å²) in [5.41, 5.74) is 1.43. The Hall–Kier alpha value is -0.860. The van der Waals surface area contributed by atoms with E-state index in [1.807, 2.05) is 7.11 Å². The summed E-state index contributed by atoms with van der Waals surface area (Å²) in [6.45, 7) is 7.77. The first-order chi connectivity index (χ1) is 9.69. The molecule has 1 rings (SSSR count). The van der Waals surface area contributed by atoms with Crippen molar-refractivity contribution in [1.29, 1.82) is 0 Å². The highest BCUT2D eigenvalue weighted by Gasteiger charge is 2.23. The highest BCUT2D eigenvalue weighted by Crippen LogP contribution is 2.16. The molecule has 2 unspecified atom stereocenters. The zero-order chi connectivity index (χ0) is 14.8. The van der Waals surface area contributed by atoms with Crippen LogP contribution in [-0.2, 0) is 11.2 Å². The van der Waals surface area contributed by atoms with E-state index < -0.39 is 0 Å². The van der Waals surface area contributed by atoms with Gasteiger partial charge in [0.05, 0.1) is 6.10 Å². The van der Waals surface area contributed by atoms with Gasteiger partial charge in [-0.1, -0.05) is 51.1 Å². The number of ether oxygens (including phenoxy) is 1. The third-order valence-corrected chi connectivity index (χ3v) is 3.81. The van der Waals surface area contributed by atoms with E-state index in [4.69, 9.17) is 4.74 Å². The third-order valence-electron chi connectivity index (χ3n) is 3.81. The van der Waals surface area contributed by atoms with Gasteiger partial charge in [0.25, 0.3) is 0 Å². The molecule has 0 aliphatic rings.